The van der Waals surface area contributed by atoms with Crippen molar-refractivity contribution in [2.45, 2.75) is 45.8 Å². The van der Waals surface area contributed by atoms with Gasteiger partial charge in [-0.15, -0.1) is 0 Å². The molecule has 0 aliphatic carbocycles. The first-order valence-electron chi connectivity index (χ1n) is 7.37. The Labute approximate surface area is 122 Å². The van der Waals surface area contributed by atoms with Crippen LogP contribution in [0.25, 0.3) is 6.08 Å². The van der Waals surface area contributed by atoms with Crippen LogP contribution in [0.5, 0.6) is 5.75 Å². The van der Waals surface area contributed by atoms with Gasteiger partial charge in [0.25, 0.3) is 0 Å². The standard InChI is InChI=1S/C17H27NO2/c1-5-8-14-9-7-10-17(16(14)6-2)20-12-15(19)11-18-13(3)4/h6-7,9-10,13,15,18-19H,2,5,8,11-12H2,1,3-4H3. The summed E-state index contributed by atoms with van der Waals surface area (Å²) in [6.45, 7) is 11.0. The summed E-state index contributed by atoms with van der Waals surface area (Å²) in [5.41, 5.74) is 2.29. The molecule has 0 saturated heterocycles. The summed E-state index contributed by atoms with van der Waals surface area (Å²) in [5, 5.41) is 13.1. The maximum absolute atomic E-state index is 9.88. The number of hydrogen-bond donors (Lipinski definition) is 2. The van der Waals surface area contributed by atoms with E-state index in [2.05, 4.69) is 38.7 Å². The van der Waals surface area contributed by atoms with Gasteiger partial charge in [-0.1, -0.05) is 52.0 Å². The Morgan fingerprint density at radius 3 is 2.75 bits per heavy atom. The van der Waals surface area contributed by atoms with Gasteiger partial charge in [0.05, 0.1) is 0 Å². The zero-order valence-electron chi connectivity index (χ0n) is 12.9. The van der Waals surface area contributed by atoms with Crippen LogP contribution in [0.3, 0.4) is 0 Å². The summed E-state index contributed by atoms with van der Waals surface area (Å²) in [7, 11) is 0. The Balaban J connectivity index is 2.63. The Morgan fingerprint density at radius 1 is 1.40 bits per heavy atom. The molecule has 0 amide bonds. The molecule has 112 valence electrons. The molecular weight excluding hydrogens is 250 g/mol. The molecule has 0 aromatic heterocycles. The van der Waals surface area contributed by atoms with Crippen molar-refractivity contribution in [3.63, 3.8) is 0 Å². The third kappa shape index (κ3) is 5.35. The molecule has 1 atom stereocenters. The lowest BCUT2D eigenvalue weighted by atomic mass is 10.0. The number of nitrogens with one attached hydrogen (secondary N) is 1. The fraction of sp³-hybridized carbons (Fsp3) is 0.529. The van der Waals surface area contributed by atoms with Gasteiger partial charge in [-0.05, 0) is 18.1 Å². The number of aryl methyl sites for hydroxylation is 1. The van der Waals surface area contributed by atoms with Crippen LogP contribution in [0.2, 0.25) is 0 Å². The van der Waals surface area contributed by atoms with E-state index in [1.807, 2.05) is 18.2 Å². The topological polar surface area (TPSA) is 41.5 Å². The summed E-state index contributed by atoms with van der Waals surface area (Å²) in [6.07, 6.45) is 3.42. The maximum Gasteiger partial charge on any atom is 0.126 e. The molecule has 0 saturated carbocycles. The van der Waals surface area contributed by atoms with Gasteiger partial charge in [0.1, 0.15) is 18.5 Å². The average Bonchev–Trinajstić information content (AvgIpc) is 2.43. The molecule has 1 unspecified atom stereocenters. The molecule has 1 aromatic rings. The Morgan fingerprint density at radius 2 is 2.15 bits per heavy atom. The van der Waals surface area contributed by atoms with Crippen molar-refractivity contribution >= 4 is 6.08 Å². The smallest absolute Gasteiger partial charge is 0.126 e. The largest absolute Gasteiger partial charge is 0.490 e. The summed E-state index contributed by atoms with van der Waals surface area (Å²) in [5.74, 6) is 0.801. The van der Waals surface area contributed by atoms with Crippen molar-refractivity contribution in [3.05, 3.63) is 35.9 Å². The van der Waals surface area contributed by atoms with Crippen LogP contribution in [-0.4, -0.2) is 30.4 Å². The lowest BCUT2D eigenvalue weighted by Gasteiger charge is -2.17. The van der Waals surface area contributed by atoms with E-state index in [9.17, 15) is 5.11 Å². The van der Waals surface area contributed by atoms with Gasteiger partial charge >= 0.3 is 0 Å². The van der Waals surface area contributed by atoms with Crippen LogP contribution in [0.15, 0.2) is 24.8 Å². The fourth-order valence-electron chi connectivity index (χ4n) is 2.05. The molecular formula is C17H27NO2. The molecule has 3 heteroatoms. The third-order valence-corrected chi connectivity index (χ3v) is 3.07. The van der Waals surface area contributed by atoms with Gasteiger partial charge in [-0.25, -0.2) is 0 Å². The van der Waals surface area contributed by atoms with E-state index in [0.717, 1.165) is 24.2 Å². The van der Waals surface area contributed by atoms with Crippen LogP contribution in [0.1, 0.15) is 38.3 Å². The zero-order valence-corrected chi connectivity index (χ0v) is 12.9. The molecule has 1 aromatic carbocycles. The molecule has 2 N–H and O–H groups in total. The minimum Gasteiger partial charge on any atom is -0.490 e. The predicted octanol–water partition coefficient (Wildman–Crippen LogP) is 3.02. The molecule has 0 heterocycles. The van der Waals surface area contributed by atoms with Crippen LogP contribution in [0.4, 0.5) is 0 Å². The van der Waals surface area contributed by atoms with Crippen LogP contribution in [-0.2, 0) is 6.42 Å². The van der Waals surface area contributed by atoms with Crippen LogP contribution >= 0.6 is 0 Å². The molecule has 20 heavy (non-hydrogen) atoms. The summed E-state index contributed by atoms with van der Waals surface area (Å²) in [6, 6.07) is 6.39. The van der Waals surface area contributed by atoms with Crippen molar-refractivity contribution in [2.24, 2.45) is 0 Å². The number of aliphatic hydroxyl groups excluding tert-OH is 1. The Bertz CT molecular complexity index is 415. The van der Waals surface area contributed by atoms with Gasteiger partial charge in [-0.2, -0.15) is 0 Å². The first-order chi connectivity index (χ1) is 9.58. The SMILES string of the molecule is C=Cc1c(CCC)cccc1OCC(O)CNC(C)C. The normalized spacial score (nSPS) is 12.4. The van der Waals surface area contributed by atoms with Gasteiger partial charge in [0.2, 0.25) is 0 Å². The van der Waals surface area contributed by atoms with Crippen molar-refractivity contribution in [2.75, 3.05) is 13.2 Å². The predicted molar refractivity (Wildman–Crippen MR) is 85.2 cm³/mol. The monoisotopic (exact) mass is 277 g/mol. The molecule has 3 nitrogen and oxygen atoms in total. The lowest BCUT2D eigenvalue weighted by Crippen LogP contribution is -2.35. The second kappa shape index (κ2) is 8.77. The number of hydrogen-bond acceptors (Lipinski definition) is 3. The van der Waals surface area contributed by atoms with Gasteiger partial charge in [-0.3, -0.25) is 0 Å². The molecule has 0 spiro atoms. The highest BCUT2D eigenvalue weighted by atomic mass is 16.5. The molecule has 1 rings (SSSR count). The minimum absolute atomic E-state index is 0.288. The van der Waals surface area contributed by atoms with Gasteiger partial charge in [0, 0.05) is 18.2 Å². The highest BCUT2D eigenvalue weighted by Gasteiger charge is 2.09. The van der Waals surface area contributed by atoms with E-state index in [4.69, 9.17) is 4.74 Å². The number of aliphatic hydroxyl groups is 1. The van der Waals surface area contributed by atoms with E-state index in [1.54, 1.807) is 0 Å². The highest BCUT2D eigenvalue weighted by molar-refractivity contribution is 5.60. The first kappa shape index (κ1) is 16.7. The van der Waals surface area contributed by atoms with Crippen molar-refractivity contribution < 1.29 is 9.84 Å². The third-order valence-electron chi connectivity index (χ3n) is 3.07. The van der Waals surface area contributed by atoms with E-state index < -0.39 is 6.10 Å². The van der Waals surface area contributed by atoms with Crippen molar-refractivity contribution in [1.82, 2.24) is 5.32 Å². The maximum atomic E-state index is 9.88. The van der Waals surface area contributed by atoms with E-state index in [0.29, 0.717) is 12.6 Å². The van der Waals surface area contributed by atoms with Crippen molar-refractivity contribution in [3.8, 4) is 5.75 Å². The number of ether oxygens (including phenoxy) is 1. The fourth-order valence-corrected chi connectivity index (χ4v) is 2.05. The quantitative estimate of drug-likeness (QED) is 0.729. The van der Waals surface area contributed by atoms with Crippen molar-refractivity contribution in [1.29, 1.82) is 0 Å². The van der Waals surface area contributed by atoms with Gasteiger partial charge in [0.15, 0.2) is 0 Å². The number of benzene rings is 1. The minimum atomic E-state index is -0.509. The summed E-state index contributed by atoms with van der Waals surface area (Å²) in [4.78, 5) is 0. The summed E-state index contributed by atoms with van der Waals surface area (Å²) < 4.78 is 5.75. The molecule has 0 radical (unpaired) electrons. The highest BCUT2D eigenvalue weighted by Crippen LogP contribution is 2.24. The first-order valence-corrected chi connectivity index (χ1v) is 7.37. The van der Waals surface area contributed by atoms with Gasteiger partial charge < -0.3 is 15.2 Å². The molecule has 0 bridgehead atoms. The molecule has 0 aliphatic rings. The zero-order chi connectivity index (χ0) is 15.0. The molecule has 0 fully saturated rings. The second-order valence-corrected chi connectivity index (χ2v) is 5.31. The number of rotatable bonds is 9. The summed E-state index contributed by atoms with van der Waals surface area (Å²) >= 11 is 0. The van der Waals surface area contributed by atoms with E-state index >= 15 is 0 Å². The van der Waals surface area contributed by atoms with E-state index in [1.165, 1.54) is 5.56 Å². The lowest BCUT2D eigenvalue weighted by molar-refractivity contribution is 0.104. The second-order valence-electron chi connectivity index (χ2n) is 5.31. The van der Waals surface area contributed by atoms with Crippen LogP contribution in [0, 0.1) is 0 Å². The average molecular weight is 277 g/mol. The Hall–Kier alpha value is -1.32. The van der Waals surface area contributed by atoms with E-state index in [-0.39, 0.29) is 6.61 Å². The molecule has 0 aliphatic heterocycles. The Kier molecular flexibility index (Phi) is 7.34. The van der Waals surface area contributed by atoms with Crippen LogP contribution < -0.4 is 10.1 Å².